The predicted molar refractivity (Wildman–Crippen MR) is 84.5 cm³/mol. The third-order valence-electron chi connectivity index (χ3n) is 3.60. The Bertz CT molecular complexity index is 841. The smallest absolute Gasteiger partial charge is 0.257 e. The molecule has 9 heteroatoms. The summed E-state index contributed by atoms with van der Waals surface area (Å²) in [4.78, 5) is 14.2. The molecule has 2 heterocycles. The highest BCUT2D eigenvalue weighted by Gasteiger charge is 2.18. The van der Waals surface area contributed by atoms with E-state index in [0.29, 0.717) is 12.2 Å². The van der Waals surface area contributed by atoms with Crippen molar-refractivity contribution in [1.29, 1.82) is 0 Å². The van der Waals surface area contributed by atoms with Gasteiger partial charge in [0.05, 0.1) is 17.4 Å². The van der Waals surface area contributed by atoms with Crippen molar-refractivity contribution in [2.45, 2.75) is 20.0 Å². The van der Waals surface area contributed by atoms with Crippen LogP contribution in [-0.2, 0) is 13.1 Å². The average Bonchev–Trinajstić information content (AvgIpc) is 3.26. The van der Waals surface area contributed by atoms with Gasteiger partial charge in [0, 0.05) is 31.9 Å². The van der Waals surface area contributed by atoms with Crippen LogP contribution in [0.4, 0.5) is 0 Å². The van der Waals surface area contributed by atoms with Crippen molar-refractivity contribution in [1.82, 2.24) is 34.9 Å². The lowest BCUT2D eigenvalue weighted by molar-refractivity contribution is 0.0782. The summed E-state index contributed by atoms with van der Waals surface area (Å²) >= 11 is 0. The Hall–Kier alpha value is -3.23. The average molecular weight is 327 g/mol. The zero-order valence-corrected chi connectivity index (χ0v) is 13.4. The number of rotatable bonds is 5. The molecule has 3 rings (SSSR count). The number of phenols is 1. The van der Waals surface area contributed by atoms with Gasteiger partial charge in [-0.1, -0.05) is 0 Å². The number of aromatic hydroxyl groups is 1. The van der Waals surface area contributed by atoms with Gasteiger partial charge >= 0.3 is 0 Å². The minimum atomic E-state index is -0.299. The standard InChI is InChI=1S/C15H17N7O2/c1-3-21-9-11(7-17-21)8-20(2)15(24)13-6-12(4-5-14(13)23)22-10-16-18-19-22/h4-7,9-10,23H,3,8H2,1-2H3. The van der Waals surface area contributed by atoms with Gasteiger partial charge in [0.2, 0.25) is 0 Å². The summed E-state index contributed by atoms with van der Waals surface area (Å²) in [6, 6.07) is 4.64. The van der Waals surface area contributed by atoms with Crippen LogP contribution >= 0.6 is 0 Å². The van der Waals surface area contributed by atoms with Gasteiger partial charge in [0.25, 0.3) is 5.91 Å². The number of aryl methyl sites for hydroxylation is 1. The molecule has 0 saturated carbocycles. The Morgan fingerprint density at radius 3 is 2.88 bits per heavy atom. The third-order valence-corrected chi connectivity index (χ3v) is 3.60. The van der Waals surface area contributed by atoms with Gasteiger partial charge < -0.3 is 10.0 Å². The molecule has 0 bridgehead atoms. The summed E-state index contributed by atoms with van der Waals surface area (Å²) in [7, 11) is 1.68. The lowest BCUT2D eigenvalue weighted by Gasteiger charge is -2.17. The summed E-state index contributed by atoms with van der Waals surface area (Å²) in [5, 5.41) is 25.1. The Morgan fingerprint density at radius 2 is 2.21 bits per heavy atom. The van der Waals surface area contributed by atoms with E-state index in [1.54, 1.807) is 30.1 Å². The second kappa shape index (κ2) is 6.49. The molecule has 2 aromatic heterocycles. The molecule has 0 radical (unpaired) electrons. The fourth-order valence-electron chi connectivity index (χ4n) is 2.33. The number of carbonyl (C=O) groups is 1. The summed E-state index contributed by atoms with van der Waals surface area (Å²) in [6.45, 7) is 3.16. The Kier molecular flexibility index (Phi) is 4.23. The van der Waals surface area contributed by atoms with Crippen LogP contribution in [0.2, 0.25) is 0 Å². The fourth-order valence-corrected chi connectivity index (χ4v) is 2.33. The lowest BCUT2D eigenvalue weighted by Crippen LogP contribution is -2.26. The second-order valence-corrected chi connectivity index (χ2v) is 5.32. The number of hydrogen-bond donors (Lipinski definition) is 1. The van der Waals surface area contributed by atoms with E-state index in [-0.39, 0.29) is 17.2 Å². The number of benzene rings is 1. The summed E-state index contributed by atoms with van der Waals surface area (Å²) in [6.07, 6.45) is 5.04. The molecule has 24 heavy (non-hydrogen) atoms. The van der Waals surface area contributed by atoms with E-state index in [1.165, 1.54) is 22.0 Å². The third kappa shape index (κ3) is 3.09. The highest BCUT2D eigenvalue weighted by molar-refractivity contribution is 5.97. The van der Waals surface area contributed by atoms with Crippen molar-refractivity contribution in [2.24, 2.45) is 0 Å². The normalized spacial score (nSPS) is 10.8. The highest BCUT2D eigenvalue weighted by atomic mass is 16.3. The number of amides is 1. The number of hydrogen-bond acceptors (Lipinski definition) is 6. The van der Waals surface area contributed by atoms with Gasteiger partial charge in [0.1, 0.15) is 12.1 Å². The van der Waals surface area contributed by atoms with Gasteiger partial charge in [-0.2, -0.15) is 5.10 Å². The monoisotopic (exact) mass is 327 g/mol. The maximum Gasteiger partial charge on any atom is 0.257 e. The molecule has 1 N–H and O–H groups in total. The fraction of sp³-hybridized carbons (Fsp3) is 0.267. The van der Waals surface area contributed by atoms with E-state index in [0.717, 1.165) is 12.1 Å². The minimum absolute atomic E-state index is 0.0899. The zero-order chi connectivity index (χ0) is 17.1. The number of tetrazole rings is 1. The number of phenolic OH excluding ortho intramolecular Hbond substituents is 1. The molecule has 1 amide bonds. The molecular formula is C15H17N7O2. The number of aromatic nitrogens is 6. The van der Waals surface area contributed by atoms with Crippen LogP contribution in [0, 0.1) is 0 Å². The van der Waals surface area contributed by atoms with Crippen LogP contribution in [0.15, 0.2) is 36.9 Å². The summed E-state index contributed by atoms with van der Waals surface area (Å²) in [5.41, 5.74) is 1.70. The molecule has 0 unspecified atom stereocenters. The molecule has 0 saturated heterocycles. The zero-order valence-electron chi connectivity index (χ0n) is 13.4. The maximum atomic E-state index is 12.6. The predicted octanol–water partition coefficient (Wildman–Crippen LogP) is 0.856. The molecule has 0 spiro atoms. The van der Waals surface area contributed by atoms with Gasteiger partial charge in [-0.05, 0) is 35.5 Å². The molecule has 1 aromatic carbocycles. The largest absolute Gasteiger partial charge is 0.507 e. The first-order valence-electron chi connectivity index (χ1n) is 7.41. The lowest BCUT2D eigenvalue weighted by atomic mass is 10.1. The van der Waals surface area contributed by atoms with Crippen molar-refractivity contribution in [3.05, 3.63) is 48.0 Å². The van der Waals surface area contributed by atoms with E-state index < -0.39 is 0 Å². The minimum Gasteiger partial charge on any atom is -0.507 e. The van der Waals surface area contributed by atoms with Gasteiger partial charge in [-0.15, -0.1) is 5.10 Å². The van der Waals surface area contributed by atoms with Crippen LogP contribution < -0.4 is 0 Å². The van der Waals surface area contributed by atoms with Crippen molar-refractivity contribution in [3.8, 4) is 11.4 Å². The van der Waals surface area contributed by atoms with Crippen LogP contribution in [0.1, 0.15) is 22.8 Å². The van der Waals surface area contributed by atoms with E-state index >= 15 is 0 Å². The second-order valence-electron chi connectivity index (χ2n) is 5.32. The topological polar surface area (TPSA) is 102 Å². The first-order valence-corrected chi connectivity index (χ1v) is 7.41. The van der Waals surface area contributed by atoms with Crippen molar-refractivity contribution in [3.63, 3.8) is 0 Å². The van der Waals surface area contributed by atoms with Crippen LogP contribution in [-0.4, -0.2) is 52.9 Å². The SMILES string of the molecule is CCn1cc(CN(C)C(=O)c2cc(-n3cnnn3)ccc2O)cn1. The quantitative estimate of drug-likeness (QED) is 0.745. The van der Waals surface area contributed by atoms with E-state index in [4.69, 9.17) is 0 Å². The van der Waals surface area contributed by atoms with Crippen molar-refractivity contribution in [2.75, 3.05) is 7.05 Å². The van der Waals surface area contributed by atoms with Gasteiger partial charge in [0.15, 0.2) is 0 Å². The summed E-state index contributed by atoms with van der Waals surface area (Å²) in [5.74, 6) is -0.389. The van der Waals surface area contributed by atoms with Crippen LogP contribution in [0.5, 0.6) is 5.75 Å². The van der Waals surface area contributed by atoms with Gasteiger partial charge in [-0.3, -0.25) is 9.48 Å². The first kappa shape index (κ1) is 15.7. The van der Waals surface area contributed by atoms with Crippen molar-refractivity contribution >= 4 is 5.91 Å². The Balaban J connectivity index is 1.82. The van der Waals surface area contributed by atoms with Crippen LogP contribution in [0.25, 0.3) is 5.69 Å². The van der Waals surface area contributed by atoms with E-state index in [9.17, 15) is 9.90 Å². The Labute approximate surface area is 138 Å². The molecular weight excluding hydrogens is 310 g/mol. The molecule has 0 fully saturated rings. The van der Waals surface area contributed by atoms with E-state index in [1.807, 2.05) is 13.1 Å². The molecule has 124 valence electrons. The molecule has 0 aliphatic carbocycles. The molecule has 0 aliphatic heterocycles. The number of carbonyl (C=O) groups excluding carboxylic acids is 1. The highest BCUT2D eigenvalue weighted by Crippen LogP contribution is 2.22. The van der Waals surface area contributed by atoms with Crippen molar-refractivity contribution < 1.29 is 9.90 Å². The number of nitrogens with zero attached hydrogens (tertiary/aromatic N) is 7. The van der Waals surface area contributed by atoms with Crippen LogP contribution in [0.3, 0.4) is 0 Å². The first-order chi connectivity index (χ1) is 11.6. The molecule has 9 nitrogen and oxygen atoms in total. The van der Waals surface area contributed by atoms with Gasteiger partial charge in [-0.25, -0.2) is 4.68 Å². The van der Waals surface area contributed by atoms with E-state index in [2.05, 4.69) is 20.6 Å². The molecule has 0 aliphatic rings. The molecule has 0 atom stereocenters. The summed E-state index contributed by atoms with van der Waals surface area (Å²) < 4.78 is 3.21. The molecule has 3 aromatic rings. The maximum absolute atomic E-state index is 12.6. The Morgan fingerprint density at radius 1 is 1.38 bits per heavy atom.